The van der Waals surface area contributed by atoms with Crippen LogP contribution in [0.25, 0.3) is 0 Å². The molecule has 0 heterocycles. The molecule has 0 aliphatic carbocycles. The summed E-state index contributed by atoms with van der Waals surface area (Å²) in [5, 5.41) is 10.9. The van der Waals surface area contributed by atoms with Gasteiger partial charge in [0.2, 0.25) is 10.0 Å². The molecule has 7 nitrogen and oxygen atoms in total. The molecule has 0 spiro atoms. The third-order valence-electron chi connectivity index (χ3n) is 2.30. The minimum atomic E-state index is -3.98. The quantitative estimate of drug-likeness (QED) is 0.323. The van der Waals surface area contributed by atoms with Crippen LogP contribution in [0.3, 0.4) is 0 Å². The molecule has 9 heteroatoms. The van der Waals surface area contributed by atoms with Crippen LogP contribution < -0.4 is 4.72 Å². The number of hydrogen-bond donors (Lipinski definition) is 1. The molecular weight excluding hydrogens is 364 g/mol. The van der Waals surface area contributed by atoms with E-state index in [1.165, 1.54) is 12.1 Å². The molecule has 0 aliphatic rings. The molecule has 0 radical (unpaired) electrons. The first-order valence-electron chi connectivity index (χ1n) is 5.90. The second kappa shape index (κ2) is 7.64. The zero-order valence-corrected chi connectivity index (χ0v) is 13.7. The fourth-order valence-electron chi connectivity index (χ4n) is 1.43. The average molecular weight is 379 g/mol. The Hall–Kier alpha value is -1.29. The van der Waals surface area contributed by atoms with Gasteiger partial charge in [0.15, 0.2) is 4.90 Å². The van der Waals surface area contributed by atoms with E-state index in [4.69, 9.17) is 4.74 Å². The zero-order valence-electron chi connectivity index (χ0n) is 11.3. The molecule has 116 valence electrons. The van der Waals surface area contributed by atoms with E-state index in [0.717, 1.165) is 11.6 Å². The molecule has 0 saturated carbocycles. The van der Waals surface area contributed by atoms with Gasteiger partial charge in [0.05, 0.1) is 18.1 Å². The maximum absolute atomic E-state index is 12.1. The van der Waals surface area contributed by atoms with E-state index >= 15 is 0 Å². The number of nitrogens with one attached hydrogen (secondary N) is 1. The number of hydrogen-bond acceptors (Lipinski definition) is 5. The highest BCUT2D eigenvalue weighted by Crippen LogP contribution is 2.26. The van der Waals surface area contributed by atoms with Gasteiger partial charge < -0.3 is 4.74 Å². The van der Waals surface area contributed by atoms with E-state index in [1.807, 2.05) is 0 Å². The summed E-state index contributed by atoms with van der Waals surface area (Å²) in [6, 6.07) is 3.73. The lowest BCUT2D eigenvalue weighted by Gasteiger charge is -2.08. The Morgan fingerprint density at radius 2 is 2.19 bits per heavy atom. The van der Waals surface area contributed by atoms with Crippen molar-refractivity contribution in [2.45, 2.75) is 11.8 Å². The average Bonchev–Trinajstić information content (AvgIpc) is 2.37. The number of nitro groups is 1. The Kier molecular flexibility index (Phi) is 6.46. The Balaban J connectivity index is 2.81. The van der Waals surface area contributed by atoms with Crippen LogP contribution in [0.15, 0.2) is 39.7 Å². The molecule has 0 atom stereocenters. The van der Waals surface area contributed by atoms with Gasteiger partial charge in [-0.25, -0.2) is 13.1 Å². The number of rotatable bonds is 8. The molecule has 0 aliphatic heterocycles. The summed E-state index contributed by atoms with van der Waals surface area (Å²) in [6.07, 6.45) is 0. The summed E-state index contributed by atoms with van der Waals surface area (Å²) in [5.74, 6) is 0. The Bertz CT molecular complexity index is 645. The smallest absolute Gasteiger partial charge is 0.289 e. The third kappa shape index (κ3) is 5.54. The summed E-state index contributed by atoms with van der Waals surface area (Å²) in [7, 11) is -3.98. The van der Waals surface area contributed by atoms with E-state index < -0.39 is 20.6 Å². The van der Waals surface area contributed by atoms with Crippen LogP contribution in [-0.4, -0.2) is 33.1 Å². The van der Waals surface area contributed by atoms with Crippen LogP contribution in [0.4, 0.5) is 5.69 Å². The maximum Gasteiger partial charge on any atom is 0.289 e. The monoisotopic (exact) mass is 378 g/mol. The normalized spacial score (nSPS) is 11.3. The summed E-state index contributed by atoms with van der Waals surface area (Å²) in [6.45, 7) is 5.92. The van der Waals surface area contributed by atoms with Crippen molar-refractivity contribution >= 4 is 31.6 Å². The van der Waals surface area contributed by atoms with Crippen molar-refractivity contribution in [3.05, 3.63) is 44.9 Å². The van der Waals surface area contributed by atoms with Gasteiger partial charge in [0, 0.05) is 17.1 Å². The molecule has 0 amide bonds. The van der Waals surface area contributed by atoms with Gasteiger partial charge in [-0.2, -0.15) is 0 Å². The fraction of sp³-hybridized carbons (Fsp3) is 0.333. The minimum absolute atomic E-state index is 0.0132. The molecule has 0 fully saturated rings. The highest BCUT2D eigenvalue weighted by Gasteiger charge is 2.25. The number of sulfonamides is 1. The summed E-state index contributed by atoms with van der Waals surface area (Å²) in [4.78, 5) is 9.77. The molecule has 21 heavy (non-hydrogen) atoms. The van der Waals surface area contributed by atoms with Gasteiger partial charge in [-0.3, -0.25) is 10.1 Å². The van der Waals surface area contributed by atoms with E-state index in [9.17, 15) is 18.5 Å². The summed E-state index contributed by atoms with van der Waals surface area (Å²) >= 11 is 3.10. The highest BCUT2D eigenvalue weighted by molar-refractivity contribution is 9.10. The number of benzene rings is 1. The van der Waals surface area contributed by atoms with E-state index in [1.54, 1.807) is 6.92 Å². The predicted molar refractivity (Wildman–Crippen MR) is 81.6 cm³/mol. The van der Waals surface area contributed by atoms with E-state index in [2.05, 4.69) is 27.2 Å². The molecule has 1 N–H and O–H groups in total. The van der Waals surface area contributed by atoms with Crippen LogP contribution in [0, 0.1) is 10.1 Å². The number of ether oxygens (including phenoxy) is 1. The van der Waals surface area contributed by atoms with Crippen LogP contribution in [0.5, 0.6) is 0 Å². The van der Waals surface area contributed by atoms with Crippen molar-refractivity contribution in [2.24, 2.45) is 0 Å². The number of nitro benzene ring substituents is 1. The topological polar surface area (TPSA) is 98.5 Å². The first-order valence-corrected chi connectivity index (χ1v) is 8.17. The first-order chi connectivity index (χ1) is 9.74. The van der Waals surface area contributed by atoms with Crippen molar-refractivity contribution in [2.75, 3.05) is 19.8 Å². The maximum atomic E-state index is 12.1. The molecule has 0 unspecified atom stereocenters. The van der Waals surface area contributed by atoms with Gasteiger partial charge in [-0.15, -0.1) is 0 Å². The number of halogens is 1. The van der Waals surface area contributed by atoms with Crippen molar-refractivity contribution in [3.63, 3.8) is 0 Å². The fourth-order valence-corrected chi connectivity index (χ4v) is 3.15. The lowest BCUT2D eigenvalue weighted by molar-refractivity contribution is -0.387. The Labute approximate surface area is 131 Å². The van der Waals surface area contributed by atoms with Gasteiger partial charge >= 0.3 is 0 Å². The van der Waals surface area contributed by atoms with Crippen LogP contribution in [-0.2, 0) is 14.8 Å². The minimum Gasteiger partial charge on any atom is -0.376 e. The standard InChI is InChI=1S/C12H15BrN2O5S/c1-9(2)8-20-6-5-14-21(18,19)12-7-10(13)3-4-11(12)15(16)17/h3-4,7,14H,1,5-6,8H2,2H3. The largest absolute Gasteiger partial charge is 0.376 e. The van der Waals surface area contributed by atoms with Crippen molar-refractivity contribution < 1.29 is 18.1 Å². The summed E-state index contributed by atoms with van der Waals surface area (Å²) in [5.41, 5.74) is 0.342. The number of nitrogens with zero attached hydrogens (tertiary/aromatic N) is 1. The van der Waals surface area contributed by atoms with Crippen LogP contribution in [0.1, 0.15) is 6.92 Å². The van der Waals surface area contributed by atoms with Gasteiger partial charge in [0.25, 0.3) is 5.69 Å². The van der Waals surface area contributed by atoms with Crippen molar-refractivity contribution in [3.8, 4) is 0 Å². The van der Waals surface area contributed by atoms with Gasteiger partial charge in [0.1, 0.15) is 0 Å². The molecular formula is C12H15BrN2O5S. The Morgan fingerprint density at radius 1 is 1.52 bits per heavy atom. The lowest BCUT2D eigenvalue weighted by Crippen LogP contribution is -2.28. The third-order valence-corrected chi connectivity index (χ3v) is 4.28. The first kappa shape index (κ1) is 17.8. The van der Waals surface area contributed by atoms with Crippen molar-refractivity contribution in [1.29, 1.82) is 0 Å². The summed E-state index contributed by atoms with van der Waals surface area (Å²) < 4.78 is 32.1. The molecule has 0 aromatic heterocycles. The Morgan fingerprint density at radius 3 is 2.76 bits per heavy atom. The SMILES string of the molecule is C=C(C)COCCNS(=O)(=O)c1cc(Br)ccc1[N+](=O)[O-]. The molecule has 0 saturated heterocycles. The van der Waals surface area contributed by atoms with Gasteiger partial charge in [-0.05, 0) is 19.1 Å². The molecule has 1 aromatic rings. The van der Waals surface area contributed by atoms with Crippen LogP contribution >= 0.6 is 15.9 Å². The highest BCUT2D eigenvalue weighted by atomic mass is 79.9. The lowest BCUT2D eigenvalue weighted by atomic mass is 10.3. The van der Waals surface area contributed by atoms with Crippen LogP contribution in [0.2, 0.25) is 0 Å². The van der Waals surface area contributed by atoms with Crippen molar-refractivity contribution in [1.82, 2.24) is 4.72 Å². The second-order valence-corrected chi connectivity index (χ2v) is 6.93. The molecule has 0 bridgehead atoms. The van der Waals surface area contributed by atoms with E-state index in [0.29, 0.717) is 11.1 Å². The van der Waals surface area contributed by atoms with E-state index in [-0.39, 0.29) is 18.0 Å². The second-order valence-electron chi connectivity index (χ2n) is 4.28. The zero-order chi connectivity index (χ0) is 16.0. The molecule has 1 rings (SSSR count). The predicted octanol–water partition coefficient (Wildman–Crippen LogP) is 2.23. The molecule has 1 aromatic carbocycles. The van der Waals surface area contributed by atoms with Gasteiger partial charge in [-0.1, -0.05) is 28.1 Å².